The molecule has 124 valence electrons. The Labute approximate surface area is 144 Å². The highest BCUT2D eigenvalue weighted by Gasteiger charge is 2.18. The van der Waals surface area contributed by atoms with Crippen molar-refractivity contribution in [3.8, 4) is 5.69 Å². The second-order valence-corrected chi connectivity index (χ2v) is 5.91. The average molecular weight is 345 g/mol. The van der Waals surface area contributed by atoms with Gasteiger partial charge in [-0.25, -0.2) is 0 Å². The molecule has 0 fully saturated rings. The van der Waals surface area contributed by atoms with Crippen molar-refractivity contribution in [1.82, 2.24) is 14.9 Å². The topological polar surface area (TPSA) is 73.0 Å². The second kappa shape index (κ2) is 6.49. The van der Waals surface area contributed by atoms with Gasteiger partial charge in [-0.3, -0.25) is 4.79 Å². The summed E-state index contributed by atoms with van der Waals surface area (Å²) < 4.78 is 6.45. The summed E-state index contributed by atoms with van der Waals surface area (Å²) in [5.74, 6) is 0.731. The molecule has 0 amide bonds. The predicted molar refractivity (Wildman–Crippen MR) is 92.9 cm³/mol. The SMILES string of the molecule is Cc1noc(C)c1C(C)Nc1cnn(-c2ccccc2)c(=O)c1Cl. The van der Waals surface area contributed by atoms with E-state index in [4.69, 9.17) is 16.1 Å². The van der Waals surface area contributed by atoms with Crippen molar-refractivity contribution < 1.29 is 4.52 Å². The van der Waals surface area contributed by atoms with Crippen molar-refractivity contribution in [2.45, 2.75) is 26.8 Å². The van der Waals surface area contributed by atoms with Crippen molar-refractivity contribution >= 4 is 17.3 Å². The van der Waals surface area contributed by atoms with E-state index < -0.39 is 0 Å². The molecule has 24 heavy (non-hydrogen) atoms. The van der Waals surface area contributed by atoms with Gasteiger partial charge in [0.1, 0.15) is 10.8 Å². The van der Waals surface area contributed by atoms with Gasteiger partial charge in [0.05, 0.1) is 29.3 Å². The highest BCUT2D eigenvalue weighted by molar-refractivity contribution is 6.33. The van der Waals surface area contributed by atoms with E-state index in [-0.39, 0.29) is 16.6 Å². The predicted octanol–water partition coefficient (Wildman–Crippen LogP) is 3.66. The van der Waals surface area contributed by atoms with Crippen LogP contribution in [-0.4, -0.2) is 14.9 Å². The number of anilines is 1. The van der Waals surface area contributed by atoms with E-state index in [1.807, 2.05) is 39.0 Å². The van der Waals surface area contributed by atoms with Crippen LogP contribution >= 0.6 is 11.6 Å². The van der Waals surface area contributed by atoms with E-state index in [0.29, 0.717) is 11.4 Å². The van der Waals surface area contributed by atoms with Gasteiger partial charge in [-0.15, -0.1) is 0 Å². The van der Waals surface area contributed by atoms with Gasteiger partial charge in [0, 0.05) is 5.56 Å². The highest BCUT2D eigenvalue weighted by Crippen LogP contribution is 2.27. The molecule has 3 aromatic rings. The molecule has 1 N–H and O–H groups in total. The van der Waals surface area contributed by atoms with Crippen LogP contribution < -0.4 is 10.9 Å². The van der Waals surface area contributed by atoms with Crippen LogP contribution in [0.15, 0.2) is 45.8 Å². The maximum atomic E-state index is 12.5. The molecule has 1 aromatic carbocycles. The van der Waals surface area contributed by atoms with Gasteiger partial charge in [0.25, 0.3) is 5.56 Å². The van der Waals surface area contributed by atoms with E-state index in [1.54, 1.807) is 18.3 Å². The Morgan fingerprint density at radius 3 is 2.58 bits per heavy atom. The summed E-state index contributed by atoms with van der Waals surface area (Å²) in [4.78, 5) is 12.5. The summed E-state index contributed by atoms with van der Waals surface area (Å²) in [6.45, 7) is 5.67. The molecule has 0 saturated carbocycles. The highest BCUT2D eigenvalue weighted by atomic mass is 35.5. The molecule has 0 aliphatic rings. The lowest BCUT2D eigenvalue weighted by molar-refractivity contribution is 0.392. The monoisotopic (exact) mass is 344 g/mol. The third-order valence-corrected chi connectivity index (χ3v) is 4.18. The van der Waals surface area contributed by atoms with E-state index >= 15 is 0 Å². The number of benzene rings is 1. The molecule has 3 rings (SSSR count). The maximum absolute atomic E-state index is 12.5. The van der Waals surface area contributed by atoms with Crippen LogP contribution in [0, 0.1) is 13.8 Å². The summed E-state index contributed by atoms with van der Waals surface area (Å²) >= 11 is 6.26. The normalized spacial score (nSPS) is 12.2. The van der Waals surface area contributed by atoms with Gasteiger partial charge < -0.3 is 9.84 Å². The van der Waals surface area contributed by atoms with Crippen molar-refractivity contribution in [2.24, 2.45) is 0 Å². The third-order valence-electron chi connectivity index (χ3n) is 3.81. The minimum Gasteiger partial charge on any atom is -0.376 e. The molecule has 0 bridgehead atoms. The van der Waals surface area contributed by atoms with Gasteiger partial charge in [0.2, 0.25) is 0 Å². The van der Waals surface area contributed by atoms with Crippen LogP contribution in [-0.2, 0) is 0 Å². The minimum atomic E-state index is -0.376. The van der Waals surface area contributed by atoms with Crippen molar-refractivity contribution in [1.29, 1.82) is 0 Å². The standard InChI is InChI=1S/C17H17ClN4O2/c1-10(15-11(2)21-24-12(15)3)20-14-9-19-22(17(23)16(14)18)13-7-5-4-6-8-13/h4-10,20H,1-3H3. The van der Waals surface area contributed by atoms with Crippen LogP contribution in [0.4, 0.5) is 5.69 Å². The number of para-hydroxylation sites is 1. The zero-order valence-corrected chi connectivity index (χ0v) is 14.3. The molecule has 0 saturated heterocycles. The number of aromatic nitrogens is 3. The van der Waals surface area contributed by atoms with E-state index in [1.165, 1.54) is 4.68 Å². The number of hydrogen-bond acceptors (Lipinski definition) is 5. The molecule has 0 aliphatic carbocycles. The van der Waals surface area contributed by atoms with Crippen LogP contribution in [0.3, 0.4) is 0 Å². The molecule has 1 unspecified atom stereocenters. The van der Waals surface area contributed by atoms with Gasteiger partial charge in [-0.2, -0.15) is 9.78 Å². The molecule has 0 spiro atoms. The number of rotatable bonds is 4. The first-order valence-corrected chi connectivity index (χ1v) is 7.89. The minimum absolute atomic E-state index is 0.0902. The number of aryl methyl sites for hydroxylation is 2. The average Bonchev–Trinajstić information content (AvgIpc) is 2.91. The molecular formula is C17H17ClN4O2. The van der Waals surface area contributed by atoms with Crippen LogP contribution in [0.2, 0.25) is 5.02 Å². The van der Waals surface area contributed by atoms with Crippen LogP contribution in [0.25, 0.3) is 5.69 Å². The van der Waals surface area contributed by atoms with Gasteiger partial charge in [-0.1, -0.05) is 35.0 Å². The van der Waals surface area contributed by atoms with Crippen molar-refractivity contribution in [3.05, 3.63) is 68.9 Å². The summed E-state index contributed by atoms with van der Waals surface area (Å²) in [5, 5.41) is 11.4. The van der Waals surface area contributed by atoms with E-state index in [9.17, 15) is 4.79 Å². The zero-order valence-electron chi connectivity index (χ0n) is 13.6. The fraction of sp³-hybridized carbons (Fsp3) is 0.235. The Hall–Kier alpha value is -2.60. The lowest BCUT2D eigenvalue weighted by Crippen LogP contribution is -2.23. The Balaban J connectivity index is 1.93. The van der Waals surface area contributed by atoms with Crippen LogP contribution in [0.5, 0.6) is 0 Å². The Kier molecular flexibility index (Phi) is 4.40. The summed E-state index contributed by atoms with van der Waals surface area (Å²) in [6.07, 6.45) is 1.55. The van der Waals surface area contributed by atoms with Crippen molar-refractivity contribution in [3.63, 3.8) is 0 Å². The number of nitrogens with zero attached hydrogens (tertiary/aromatic N) is 3. The Morgan fingerprint density at radius 1 is 1.25 bits per heavy atom. The number of nitrogens with one attached hydrogen (secondary N) is 1. The van der Waals surface area contributed by atoms with E-state index in [2.05, 4.69) is 15.6 Å². The lowest BCUT2D eigenvalue weighted by atomic mass is 10.1. The lowest BCUT2D eigenvalue weighted by Gasteiger charge is -2.16. The number of hydrogen-bond donors (Lipinski definition) is 1. The first kappa shape index (κ1) is 16.3. The first-order chi connectivity index (χ1) is 11.5. The molecule has 7 heteroatoms. The fourth-order valence-corrected chi connectivity index (χ4v) is 2.88. The molecule has 2 heterocycles. The quantitative estimate of drug-likeness (QED) is 0.781. The van der Waals surface area contributed by atoms with Crippen LogP contribution in [0.1, 0.15) is 30.0 Å². The largest absolute Gasteiger partial charge is 0.376 e. The smallest absolute Gasteiger partial charge is 0.292 e. The third kappa shape index (κ3) is 2.92. The zero-order chi connectivity index (χ0) is 17.3. The van der Waals surface area contributed by atoms with Gasteiger partial charge in [0.15, 0.2) is 0 Å². The Bertz CT molecular complexity index is 899. The molecule has 0 aliphatic heterocycles. The van der Waals surface area contributed by atoms with Crippen molar-refractivity contribution in [2.75, 3.05) is 5.32 Å². The van der Waals surface area contributed by atoms with E-state index in [0.717, 1.165) is 17.0 Å². The number of halogens is 1. The molecular weight excluding hydrogens is 328 g/mol. The fourth-order valence-electron chi connectivity index (χ4n) is 2.70. The molecule has 1 atom stereocenters. The molecule has 6 nitrogen and oxygen atoms in total. The second-order valence-electron chi connectivity index (χ2n) is 5.53. The summed E-state index contributed by atoms with van der Waals surface area (Å²) in [7, 11) is 0. The molecule has 0 radical (unpaired) electrons. The van der Waals surface area contributed by atoms with Gasteiger partial charge in [-0.05, 0) is 32.9 Å². The first-order valence-electron chi connectivity index (χ1n) is 7.51. The van der Waals surface area contributed by atoms with Gasteiger partial charge >= 0.3 is 0 Å². The summed E-state index contributed by atoms with van der Waals surface area (Å²) in [5.41, 5.74) is 2.50. The Morgan fingerprint density at radius 2 is 1.96 bits per heavy atom. The molecule has 2 aromatic heterocycles. The summed E-state index contributed by atoms with van der Waals surface area (Å²) in [6, 6.07) is 9.01. The maximum Gasteiger partial charge on any atom is 0.292 e.